The summed E-state index contributed by atoms with van der Waals surface area (Å²) in [7, 11) is -3.73. The van der Waals surface area contributed by atoms with Crippen molar-refractivity contribution in [2.75, 3.05) is 5.32 Å². The van der Waals surface area contributed by atoms with Crippen LogP contribution in [0.3, 0.4) is 0 Å². The molecular formula is C18H14Cl2N2O4S. The molecule has 0 fully saturated rings. The minimum absolute atomic E-state index is 0.0326. The van der Waals surface area contributed by atoms with Crippen molar-refractivity contribution in [3.63, 3.8) is 0 Å². The summed E-state index contributed by atoms with van der Waals surface area (Å²) in [5, 5.41) is 3.41. The molecule has 6 nitrogen and oxygen atoms in total. The van der Waals surface area contributed by atoms with Gasteiger partial charge in [-0.1, -0.05) is 23.2 Å². The molecule has 0 spiro atoms. The van der Waals surface area contributed by atoms with Crippen molar-refractivity contribution in [2.24, 2.45) is 0 Å². The van der Waals surface area contributed by atoms with Gasteiger partial charge in [-0.2, -0.15) is 0 Å². The Balaban J connectivity index is 1.70. The molecule has 1 heterocycles. The Morgan fingerprint density at radius 1 is 1.04 bits per heavy atom. The molecule has 0 bridgehead atoms. The highest BCUT2D eigenvalue weighted by atomic mass is 35.5. The fraction of sp³-hybridized carbons (Fsp3) is 0.0556. The SMILES string of the molecule is O=C(Nc1cc(Cl)ccc1Cl)c1ccc(S(=O)(=O)NCc2ccco2)cc1. The van der Waals surface area contributed by atoms with E-state index in [0.717, 1.165) is 0 Å². The smallest absolute Gasteiger partial charge is 0.255 e. The zero-order valence-electron chi connectivity index (χ0n) is 13.8. The van der Waals surface area contributed by atoms with Crippen LogP contribution in [0.15, 0.2) is 70.2 Å². The molecule has 1 aromatic heterocycles. The number of nitrogens with one attached hydrogen (secondary N) is 2. The lowest BCUT2D eigenvalue weighted by atomic mass is 10.2. The lowest BCUT2D eigenvalue weighted by molar-refractivity contribution is 0.102. The molecule has 0 aliphatic heterocycles. The van der Waals surface area contributed by atoms with Crippen LogP contribution in [0.2, 0.25) is 10.0 Å². The number of rotatable bonds is 6. The van der Waals surface area contributed by atoms with Crippen molar-refractivity contribution in [1.82, 2.24) is 4.72 Å². The van der Waals surface area contributed by atoms with Crippen LogP contribution in [0.1, 0.15) is 16.1 Å². The number of anilines is 1. The van der Waals surface area contributed by atoms with Crippen molar-refractivity contribution >= 4 is 44.8 Å². The molecule has 2 N–H and O–H groups in total. The van der Waals surface area contributed by atoms with Gasteiger partial charge in [0.25, 0.3) is 5.91 Å². The molecule has 27 heavy (non-hydrogen) atoms. The van der Waals surface area contributed by atoms with Crippen LogP contribution in [0.5, 0.6) is 0 Å². The number of halogens is 2. The van der Waals surface area contributed by atoms with E-state index < -0.39 is 15.9 Å². The molecule has 0 aliphatic carbocycles. The average Bonchev–Trinajstić information content (AvgIpc) is 3.17. The number of furan rings is 1. The summed E-state index contributed by atoms with van der Waals surface area (Å²) in [6, 6.07) is 13.6. The number of hydrogen-bond acceptors (Lipinski definition) is 4. The molecule has 1 amide bonds. The lowest BCUT2D eigenvalue weighted by Crippen LogP contribution is -2.23. The van der Waals surface area contributed by atoms with E-state index in [0.29, 0.717) is 21.5 Å². The van der Waals surface area contributed by atoms with E-state index in [-0.39, 0.29) is 17.0 Å². The van der Waals surface area contributed by atoms with Gasteiger partial charge in [0.05, 0.1) is 28.4 Å². The van der Waals surface area contributed by atoms with Crippen LogP contribution in [0.4, 0.5) is 5.69 Å². The number of carbonyl (C=O) groups is 1. The second-order valence-electron chi connectivity index (χ2n) is 5.51. The van der Waals surface area contributed by atoms with Crippen LogP contribution in [-0.4, -0.2) is 14.3 Å². The van der Waals surface area contributed by atoms with Gasteiger partial charge >= 0.3 is 0 Å². The second kappa shape index (κ2) is 8.14. The fourth-order valence-corrected chi connectivity index (χ4v) is 3.57. The number of amides is 1. The van der Waals surface area contributed by atoms with E-state index in [2.05, 4.69) is 10.0 Å². The van der Waals surface area contributed by atoms with Gasteiger partial charge in [-0.3, -0.25) is 4.79 Å². The third-order valence-corrected chi connectivity index (χ3v) is 5.60. The van der Waals surface area contributed by atoms with Gasteiger partial charge in [0.1, 0.15) is 5.76 Å². The summed E-state index contributed by atoms with van der Waals surface area (Å²) in [4.78, 5) is 12.4. The highest BCUT2D eigenvalue weighted by Gasteiger charge is 2.16. The van der Waals surface area contributed by atoms with Crippen molar-refractivity contribution in [2.45, 2.75) is 11.4 Å². The number of sulfonamides is 1. The van der Waals surface area contributed by atoms with Gasteiger partial charge in [0.15, 0.2) is 0 Å². The van der Waals surface area contributed by atoms with E-state index in [1.165, 1.54) is 36.6 Å². The topological polar surface area (TPSA) is 88.4 Å². The third kappa shape index (κ3) is 4.90. The van der Waals surface area contributed by atoms with Crippen molar-refractivity contribution in [3.8, 4) is 0 Å². The Bertz CT molecular complexity index is 1050. The first-order valence-corrected chi connectivity index (χ1v) is 9.97. The first-order valence-electron chi connectivity index (χ1n) is 7.74. The summed E-state index contributed by atoms with van der Waals surface area (Å²) in [5.74, 6) is 0.0552. The fourth-order valence-electron chi connectivity index (χ4n) is 2.24. The Hall–Kier alpha value is -2.32. The van der Waals surface area contributed by atoms with E-state index in [4.69, 9.17) is 27.6 Å². The minimum Gasteiger partial charge on any atom is -0.468 e. The summed E-state index contributed by atoms with van der Waals surface area (Å²) in [6.07, 6.45) is 1.46. The Morgan fingerprint density at radius 3 is 2.44 bits per heavy atom. The predicted octanol–water partition coefficient (Wildman–Crippen LogP) is 4.32. The molecule has 0 unspecified atom stereocenters. The van der Waals surface area contributed by atoms with Gasteiger partial charge < -0.3 is 9.73 Å². The first kappa shape index (κ1) is 19.4. The van der Waals surface area contributed by atoms with Gasteiger partial charge in [0.2, 0.25) is 10.0 Å². The zero-order chi connectivity index (χ0) is 19.4. The van der Waals surface area contributed by atoms with Gasteiger partial charge in [-0.05, 0) is 54.6 Å². The molecule has 0 aliphatic rings. The maximum atomic E-state index is 12.3. The summed E-state index contributed by atoms with van der Waals surface area (Å²) in [5.41, 5.74) is 0.641. The normalized spacial score (nSPS) is 11.3. The van der Waals surface area contributed by atoms with Crippen LogP contribution < -0.4 is 10.0 Å². The zero-order valence-corrected chi connectivity index (χ0v) is 16.1. The lowest BCUT2D eigenvalue weighted by Gasteiger charge is -2.09. The maximum Gasteiger partial charge on any atom is 0.255 e. The van der Waals surface area contributed by atoms with E-state index in [1.54, 1.807) is 24.3 Å². The van der Waals surface area contributed by atoms with Crippen LogP contribution in [-0.2, 0) is 16.6 Å². The molecule has 0 atom stereocenters. The van der Waals surface area contributed by atoms with Crippen LogP contribution in [0, 0.1) is 0 Å². The molecule has 0 saturated heterocycles. The van der Waals surface area contributed by atoms with Gasteiger partial charge in [-0.15, -0.1) is 0 Å². The number of benzene rings is 2. The molecule has 0 saturated carbocycles. The summed E-state index contributed by atoms with van der Waals surface area (Å²) >= 11 is 11.9. The summed E-state index contributed by atoms with van der Waals surface area (Å²) < 4.78 is 32.1. The Morgan fingerprint density at radius 2 is 1.78 bits per heavy atom. The molecular weight excluding hydrogens is 411 g/mol. The quantitative estimate of drug-likeness (QED) is 0.616. The van der Waals surface area contributed by atoms with E-state index >= 15 is 0 Å². The minimum atomic E-state index is -3.73. The third-order valence-electron chi connectivity index (χ3n) is 3.62. The molecule has 2 aromatic carbocycles. The first-order chi connectivity index (χ1) is 12.8. The average molecular weight is 425 g/mol. The van der Waals surface area contributed by atoms with Crippen molar-refractivity contribution < 1.29 is 17.6 Å². The Labute approximate surface area is 166 Å². The predicted molar refractivity (Wildman–Crippen MR) is 104 cm³/mol. The van der Waals surface area contributed by atoms with Crippen molar-refractivity contribution in [1.29, 1.82) is 0 Å². The van der Waals surface area contributed by atoms with Gasteiger partial charge in [-0.25, -0.2) is 13.1 Å². The highest BCUT2D eigenvalue weighted by molar-refractivity contribution is 7.89. The number of carbonyl (C=O) groups excluding carboxylic acids is 1. The maximum absolute atomic E-state index is 12.3. The molecule has 3 rings (SSSR count). The van der Waals surface area contributed by atoms with E-state index in [1.807, 2.05) is 0 Å². The Kier molecular flexibility index (Phi) is 5.86. The van der Waals surface area contributed by atoms with Crippen LogP contribution >= 0.6 is 23.2 Å². The largest absolute Gasteiger partial charge is 0.468 e. The molecule has 9 heteroatoms. The van der Waals surface area contributed by atoms with Crippen LogP contribution in [0.25, 0.3) is 0 Å². The monoisotopic (exact) mass is 424 g/mol. The number of hydrogen-bond donors (Lipinski definition) is 2. The summed E-state index contributed by atoms with van der Waals surface area (Å²) in [6.45, 7) is 0.0326. The second-order valence-corrected chi connectivity index (χ2v) is 8.12. The highest BCUT2D eigenvalue weighted by Crippen LogP contribution is 2.26. The molecule has 0 radical (unpaired) electrons. The standard InChI is InChI=1S/C18H14Cl2N2O4S/c19-13-5-8-16(20)17(10-13)22-18(23)12-3-6-15(7-4-12)27(24,25)21-11-14-2-1-9-26-14/h1-10,21H,11H2,(H,22,23). The molecule has 140 valence electrons. The molecule has 3 aromatic rings. The van der Waals surface area contributed by atoms with E-state index in [9.17, 15) is 13.2 Å². The van der Waals surface area contributed by atoms with Gasteiger partial charge in [0, 0.05) is 10.6 Å². The van der Waals surface area contributed by atoms with Crippen molar-refractivity contribution in [3.05, 3.63) is 82.2 Å².